The van der Waals surface area contributed by atoms with Gasteiger partial charge in [-0.2, -0.15) is 0 Å². The summed E-state index contributed by atoms with van der Waals surface area (Å²) in [6.45, 7) is 2.13. The first kappa shape index (κ1) is 14.3. The van der Waals surface area contributed by atoms with Gasteiger partial charge in [-0.1, -0.05) is 23.5 Å². The molecule has 3 rings (SSSR count). The quantitative estimate of drug-likeness (QED) is 0.743. The topological polar surface area (TPSA) is 91.2 Å². The van der Waals surface area contributed by atoms with E-state index in [1.54, 1.807) is 19.1 Å². The molecule has 2 N–H and O–H groups in total. The Bertz CT molecular complexity index is 792. The van der Waals surface area contributed by atoms with Crippen LogP contribution < -0.4 is 5.73 Å². The maximum atomic E-state index is 11.6. The smallest absolute Gasteiger partial charge is 0.338 e. The molecule has 2 aromatic heterocycles. The summed E-state index contributed by atoms with van der Waals surface area (Å²) in [7, 11) is 0. The number of nitrogens with two attached hydrogens (primary N) is 1. The molecule has 0 amide bonds. The highest BCUT2D eigenvalue weighted by Gasteiger charge is 2.12. The van der Waals surface area contributed by atoms with E-state index in [9.17, 15) is 4.79 Å². The number of hydrogen-bond acceptors (Lipinski definition) is 7. The highest BCUT2D eigenvalue weighted by Crippen LogP contribution is 2.30. The number of ether oxygens (including phenoxy) is 1. The molecule has 0 aliphatic carbocycles. The van der Waals surface area contributed by atoms with Gasteiger partial charge in [-0.15, -0.1) is 10.2 Å². The Morgan fingerprint density at radius 3 is 2.55 bits per heavy atom. The second-order valence-electron chi connectivity index (χ2n) is 4.41. The fraction of sp³-hybridized carbons (Fsp3) is 0.133. The normalized spacial score (nSPS) is 10.6. The molecule has 22 heavy (non-hydrogen) atoms. The minimum Gasteiger partial charge on any atom is -0.462 e. The second-order valence-corrected chi connectivity index (χ2v) is 5.42. The van der Waals surface area contributed by atoms with Crippen molar-refractivity contribution in [3.63, 3.8) is 0 Å². The number of nitrogens with zero attached hydrogens (tertiary/aromatic N) is 2. The molecule has 6 nitrogen and oxygen atoms in total. The first-order chi connectivity index (χ1) is 10.7. The number of furan rings is 1. The molecule has 0 radical (unpaired) electrons. The number of esters is 1. The Morgan fingerprint density at radius 2 is 1.91 bits per heavy atom. The molecule has 1 aromatic carbocycles. The van der Waals surface area contributed by atoms with Crippen molar-refractivity contribution in [2.24, 2.45) is 0 Å². The molecule has 0 unspecified atom stereocenters. The molecule has 0 saturated carbocycles. The van der Waals surface area contributed by atoms with Gasteiger partial charge in [0, 0.05) is 5.56 Å². The molecule has 3 aromatic rings. The van der Waals surface area contributed by atoms with Crippen LogP contribution in [0.15, 0.2) is 40.8 Å². The van der Waals surface area contributed by atoms with Gasteiger partial charge in [0.2, 0.25) is 5.13 Å². The van der Waals surface area contributed by atoms with Gasteiger partial charge in [-0.25, -0.2) is 4.79 Å². The van der Waals surface area contributed by atoms with Crippen LogP contribution in [-0.4, -0.2) is 22.8 Å². The average molecular weight is 315 g/mol. The van der Waals surface area contributed by atoms with E-state index in [4.69, 9.17) is 14.9 Å². The standard InChI is InChI=1S/C15H13N3O3S/c1-2-20-14(19)10-5-3-9(4-6-10)11-7-8-12(21-11)13-17-18-15(16)22-13/h3-8H,2H2,1H3,(H2,16,18). The van der Waals surface area contributed by atoms with Gasteiger partial charge < -0.3 is 14.9 Å². The van der Waals surface area contributed by atoms with Crippen LogP contribution in [-0.2, 0) is 4.74 Å². The minimum atomic E-state index is -0.335. The van der Waals surface area contributed by atoms with Crippen molar-refractivity contribution in [1.29, 1.82) is 0 Å². The summed E-state index contributed by atoms with van der Waals surface area (Å²) < 4.78 is 10.7. The highest BCUT2D eigenvalue weighted by molar-refractivity contribution is 7.18. The Hall–Kier alpha value is -2.67. The lowest BCUT2D eigenvalue weighted by atomic mass is 10.1. The largest absolute Gasteiger partial charge is 0.462 e. The Morgan fingerprint density at radius 1 is 1.18 bits per heavy atom. The predicted molar refractivity (Wildman–Crippen MR) is 83.4 cm³/mol. The van der Waals surface area contributed by atoms with Gasteiger partial charge in [0.15, 0.2) is 10.8 Å². The minimum absolute atomic E-state index is 0.335. The number of nitrogen functional groups attached to an aromatic ring is 1. The summed E-state index contributed by atoms with van der Waals surface area (Å²) >= 11 is 1.26. The van der Waals surface area contributed by atoms with Crippen LogP contribution in [0.1, 0.15) is 17.3 Å². The van der Waals surface area contributed by atoms with Crippen LogP contribution in [0.25, 0.3) is 22.1 Å². The van der Waals surface area contributed by atoms with Gasteiger partial charge >= 0.3 is 5.97 Å². The lowest BCUT2D eigenvalue weighted by Crippen LogP contribution is -2.03. The molecule has 7 heteroatoms. The van der Waals surface area contributed by atoms with Crippen molar-refractivity contribution in [3.8, 4) is 22.1 Å². The van der Waals surface area contributed by atoms with E-state index >= 15 is 0 Å². The molecular formula is C15H13N3O3S. The van der Waals surface area contributed by atoms with E-state index in [0.717, 1.165) is 5.56 Å². The summed E-state index contributed by atoms with van der Waals surface area (Å²) in [5.41, 5.74) is 6.93. The molecule has 0 atom stereocenters. The first-order valence-electron chi connectivity index (χ1n) is 6.64. The second kappa shape index (κ2) is 5.98. The Balaban J connectivity index is 1.83. The third kappa shape index (κ3) is 2.84. The molecule has 0 bridgehead atoms. The fourth-order valence-electron chi connectivity index (χ4n) is 1.93. The Labute approximate surface area is 130 Å². The van der Waals surface area contributed by atoms with Crippen LogP contribution in [0.2, 0.25) is 0 Å². The third-order valence-electron chi connectivity index (χ3n) is 2.94. The van der Waals surface area contributed by atoms with Gasteiger partial charge in [-0.05, 0) is 31.2 Å². The maximum absolute atomic E-state index is 11.6. The van der Waals surface area contributed by atoms with E-state index in [2.05, 4.69) is 10.2 Å². The van der Waals surface area contributed by atoms with Gasteiger partial charge in [0.1, 0.15) is 5.76 Å². The van der Waals surface area contributed by atoms with E-state index in [-0.39, 0.29) is 5.97 Å². The zero-order valence-electron chi connectivity index (χ0n) is 11.8. The summed E-state index contributed by atoms with van der Waals surface area (Å²) in [6, 6.07) is 10.7. The van der Waals surface area contributed by atoms with Crippen molar-refractivity contribution in [1.82, 2.24) is 10.2 Å². The van der Waals surface area contributed by atoms with Crippen molar-refractivity contribution >= 4 is 22.4 Å². The molecule has 2 heterocycles. The third-order valence-corrected chi connectivity index (χ3v) is 3.70. The number of carbonyl (C=O) groups is 1. The molecule has 112 valence electrons. The molecule has 0 saturated heterocycles. The van der Waals surface area contributed by atoms with Crippen LogP contribution in [0, 0.1) is 0 Å². The molecule has 0 aliphatic rings. The molecule has 0 aliphatic heterocycles. The van der Waals surface area contributed by atoms with Crippen molar-refractivity contribution in [3.05, 3.63) is 42.0 Å². The Kier molecular flexibility index (Phi) is 3.88. The predicted octanol–water partition coefficient (Wildman–Crippen LogP) is 3.22. The average Bonchev–Trinajstić information content (AvgIpc) is 3.16. The lowest BCUT2D eigenvalue weighted by Gasteiger charge is -2.02. The first-order valence-corrected chi connectivity index (χ1v) is 7.45. The molecule has 0 spiro atoms. The molecular weight excluding hydrogens is 302 g/mol. The van der Waals surface area contributed by atoms with Crippen LogP contribution in [0.3, 0.4) is 0 Å². The van der Waals surface area contributed by atoms with Gasteiger partial charge in [-0.3, -0.25) is 0 Å². The number of benzene rings is 1. The highest BCUT2D eigenvalue weighted by atomic mass is 32.1. The number of hydrogen-bond donors (Lipinski definition) is 1. The van der Waals surface area contributed by atoms with Gasteiger partial charge in [0.05, 0.1) is 12.2 Å². The van der Waals surface area contributed by atoms with E-state index in [0.29, 0.717) is 33.8 Å². The fourth-order valence-corrected chi connectivity index (χ4v) is 2.50. The number of aromatic nitrogens is 2. The zero-order chi connectivity index (χ0) is 15.5. The summed E-state index contributed by atoms with van der Waals surface area (Å²) in [5, 5.41) is 8.72. The van der Waals surface area contributed by atoms with Crippen molar-refractivity contribution < 1.29 is 13.9 Å². The molecule has 0 fully saturated rings. The zero-order valence-corrected chi connectivity index (χ0v) is 12.6. The van der Waals surface area contributed by atoms with Gasteiger partial charge in [0.25, 0.3) is 0 Å². The van der Waals surface area contributed by atoms with Crippen LogP contribution in [0.5, 0.6) is 0 Å². The summed E-state index contributed by atoms with van der Waals surface area (Å²) in [4.78, 5) is 11.6. The number of rotatable bonds is 4. The maximum Gasteiger partial charge on any atom is 0.338 e. The number of carbonyl (C=O) groups excluding carboxylic acids is 1. The van der Waals surface area contributed by atoms with Crippen molar-refractivity contribution in [2.75, 3.05) is 12.3 Å². The summed E-state index contributed by atoms with van der Waals surface area (Å²) in [6.07, 6.45) is 0. The SMILES string of the molecule is CCOC(=O)c1ccc(-c2ccc(-c3nnc(N)s3)o2)cc1. The number of anilines is 1. The van der Waals surface area contributed by atoms with E-state index < -0.39 is 0 Å². The van der Waals surface area contributed by atoms with Crippen LogP contribution >= 0.6 is 11.3 Å². The van der Waals surface area contributed by atoms with Crippen molar-refractivity contribution in [2.45, 2.75) is 6.92 Å². The lowest BCUT2D eigenvalue weighted by molar-refractivity contribution is 0.0526. The van der Waals surface area contributed by atoms with Crippen LogP contribution in [0.4, 0.5) is 5.13 Å². The monoisotopic (exact) mass is 315 g/mol. The van der Waals surface area contributed by atoms with E-state index in [1.807, 2.05) is 24.3 Å². The summed E-state index contributed by atoms with van der Waals surface area (Å²) in [5.74, 6) is 0.955. The van der Waals surface area contributed by atoms with E-state index in [1.165, 1.54) is 11.3 Å².